The maximum Gasteiger partial charge on any atom is 0.0794 e. The van der Waals surface area contributed by atoms with Gasteiger partial charge < -0.3 is 5.32 Å². The van der Waals surface area contributed by atoms with Crippen molar-refractivity contribution in [3.63, 3.8) is 0 Å². The summed E-state index contributed by atoms with van der Waals surface area (Å²) in [4.78, 5) is 5.29. The van der Waals surface area contributed by atoms with E-state index in [4.69, 9.17) is 5.26 Å². The van der Waals surface area contributed by atoms with Crippen molar-refractivity contribution in [2.75, 3.05) is 0 Å². The van der Waals surface area contributed by atoms with Gasteiger partial charge in [-0.2, -0.15) is 5.26 Å². The molecule has 4 heteroatoms. The molecule has 2 atom stereocenters. The summed E-state index contributed by atoms with van der Waals surface area (Å²) >= 11 is 1.66. The normalized spacial score (nSPS) is 26.1. The first kappa shape index (κ1) is 10.6. The molecular formula is C11H15N3S. The summed E-state index contributed by atoms with van der Waals surface area (Å²) in [6, 6.07) is 2.79. The third-order valence-electron chi connectivity index (χ3n) is 2.95. The number of rotatable bonds is 3. The summed E-state index contributed by atoms with van der Waals surface area (Å²) in [5, 5.41) is 12.5. The van der Waals surface area contributed by atoms with Crippen LogP contribution in [0.5, 0.6) is 0 Å². The van der Waals surface area contributed by atoms with E-state index in [1.807, 2.05) is 11.7 Å². The van der Waals surface area contributed by atoms with Crippen LogP contribution in [0.25, 0.3) is 0 Å². The zero-order valence-electron chi connectivity index (χ0n) is 8.65. The van der Waals surface area contributed by atoms with Crippen LogP contribution in [0.2, 0.25) is 0 Å². The van der Waals surface area contributed by atoms with E-state index < -0.39 is 0 Å². The molecule has 2 unspecified atom stereocenters. The van der Waals surface area contributed by atoms with Crippen molar-refractivity contribution in [3.05, 3.63) is 16.6 Å². The predicted molar refractivity (Wildman–Crippen MR) is 60.3 cm³/mol. The molecule has 0 bridgehead atoms. The van der Waals surface area contributed by atoms with Crippen molar-refractivity contribution in [1.29, 1.82) is 5.26 Å². The lowest BCUT2D eigenvalue weighted by atomic mass is 9.85. The van der Waals surface area contributed by atoms with Gasteiger partial charge >= 0.3 is 0 Å². The first-order chi connectivity index (χ1) is 7.40. The van der Waals surface area contributed by atoms with Gasteiger partial charge in [0.1, 0.15) is 0 Å². The Kier molecular flexibility index (Phi) is 3.70. The number of hydrogen-bond acceptors (Lipinski definition) is 4. The predicted octanol–water partition coefficient (Wildman–Crippen LogP) is 2.32. The molecule has 3 nitrogen and oxygen atoms in total. The summed E-state index contributed by atoms with van der Waals surface area (Å²) in [6.07, 6.45) is 6.53. The molecule has 2 rings (SSSR count). The highest BCUT2D eigenvalue weighted by atomic mass is 32.1. The molecule has 1 heterocycles. The molecule has 0 aliphatic heterocycles. The fraction of sp³-hybridized carbons (Fsp3) is 0.636. The third kappa shape index (κ3) is 2.77. The van der Waals surface area contributed by atoms with E-state index in [1.54, 1.807) is 11.3 Å². The van der Waals surface area contributed by atoms with Crippen LogP contribution in [0.1, 0.15) is 30.6 Å². The molecule has 1 aromatic heterocycles. The van der Waals surface area contributed by atoms with Crippen molar-refractivity contribution in [3.8, 4) is 6.07 Å². The van der Waals surface area contributed by atoms with Crippen LogP contribution >= 0.6 is 11.3 Å². The fourth-order valence-electron chi connectivity index (χ4n) is 2.09. The van der Waals surface area contributed by atoms with Crippen LogP contribution in [0.4, 0.5) is 0 Å². The van der Waals surface area contributed by atoms with E-state index in [0.717, 1.165) is 19.4 Å². The van der Waals surface area contributed by atoms with Crippen LogP contribution < -0.4 is 5.32 Å². The summed E-state index contributed by atoms with van der Waals surface area (Å²) in [6.45, 7) is 0.855. The van der Waals surface area contributed by atoms with Gasteiger partial charge in [0, 0.05) is 23.7 Å². The second-order valence-corrected chi connectivity index (χ2v) is 4.95. The van der Waals surface area contributed by atoms with Gasteiger partial charge in [0.05, 0.1) is 17.5 Å². The van der Waals surface area contributed by atoms with E-state index in [2.05, 4.69) is 16.4 Å². The average Bonchev–Trinajstić information content (AvgIpc) is 2.79. The average molecular weight is 221 g/mol. The van der Waals surface area contributed by atoms with Crippen molar-refractivity contribution >= 4 is 11.3 Å². The molecule has 1 aliphatic carbocycles. The van der Waals surface area contributed by atoms with Crippen LogP contribution in [0, 0.1) is 17.2 Å². The van der Waals surface area contributed by atoms with Crippen LogP contribution in [-0.2, 0) is 6.54 Å². The summed E-state index contributed by atoms with van der Waals surface area (Å²) in [7, 11) is 0. The van der Waals surface area contributed by atoms with E-state index in [-0.39, 0.29) is 5.92 Å². The molecule has 1 fully saturated rings. The molecule has 0 amide bonds. The minimum Gasteiger partial charge on any atom is -0.308 e. The lowest BCUT2D eigenvalue weighted by molar-refractivity contribution is 0.312. The number of nitrogens with zero attached hydrogens (tertiary/aromatic N) is 2. The van der Waals surface area contributed by atoms with Gasteiger partial charge in [-0.1, -0.05) is 12.8 Å². The number of nitrogens with one attached hydrogen (secondary N) is 1. The van der Waals surface area contributed by atoms with Gasteiger partial charge in [0.25, 0.3) is 0 Å². The molecule has 1 aliphatic rings. The van der Waals surface area contributed by atoms with Gasteiger partial charge in [-0.3, -0.25) is 4.98 Å². The van der Waals surface area contributed by atoms with E-state index in [1.165, 1.54) is 17.7 Å². The lowest BCUT2D eigenvalue weighted by Gasteiger charge is -2.27. The first-order valence-electron chi connectivity index (χ1n) is 5.40. The third-order valence-corrected chi connectivity index (χ3v) is 3.73. The van der Waals surface area contributed by atoms with E-state index >= 15 is 0 Å². The maximum atomic E-state index is 9.02. The molecule has 0 radical (unpaired) electrons. The van der Waals surface area contributed by atoms with E-state index in [0.29, 0.717) is 6.04 Å². The van der Waals surface area contributed by atoms with Crippen LogP contribution in [0.15, 0.2) is 11.7 Å². The topological polar surface area (TPSA) is 48.7 Å². The Morgan fingerprint density at radius 1 is 1.53 bits per heavy atom. The quantitative estimate of drug-likeness (QED) is 0.852. The Hall–Kier alpha value is -0.920. The molecule has 1 N–H and O–H groups in total. The second-order valence-electron chi connectivity index (χ2n) is 3.98. The molecule has 1 aromatic rings. The Balaban J connectivity index is 1.85. The highest BCUT2D eigenvalue weighted by Crippen LogP contribution is 2.24. The Morgan fingerprint density at radius 3 is 3.13 bits per heavy atom. The van der Waals surface area contributed by atoms with Crippen LogP contribution in [0.3, 0.4) is 0 Å². The zero-order chi connectivity index (χ0) is 10.5. The SMILES string of the molecule is N#CC1CCCCC1NCc1cncs1. The number of hydrogen-bond donors (Lipinski definition) is 1. The number of thiazole rings is 1. The standard InChI is InChI=1S/C11H15N3S/c12-5-9-3-1-2-4-11(9)14-7-10-6-13-8-15-10/h6,8-9,11,14H,1-4,7H2. The minimum atomic E-state index is 0.201. The molecule has 1 saturated carbocycles. The Morgan fingerprint density at radius 2 is 2.40 bits per heavy atom. The number of nitriles is 1. The lowest BCUT2D eigenvalue weighted by Crippen LogP contribution is -2.37. The van der Waals surface area contributed by atoms with Gasteiger partial charge in [0.15, 0.2) is 0 Å². The molecule has 15 heavy (non-hydrogen) atoms. The smallest absolute Gasteiger partial charge is 0.0794 e. The van der Waals surface area contributed by atoms with Crippen molar-refractivity contribution in [2.45, 2.75) is 38.3 Å². The fourth-order valence-corrected chi connectivity index (χ4v) is 2.64. The van der Waals surface area contributed by atoms with E-state index in [9.17, 15) is 0 Å². The molecule has 0 aromatic carbocycles. The second kappa shape index (κ2) is 5.24. The number of aromatic nitrogens is 1. The van der Waals surface area contributed by atoms with Crippen molar-refractivity contribution in [1.82, 2.24) is 10.3 Å². The zero-order valence-corrected chi connectivity index (χ0v) is 9.46. The van der Waals surface area contributed by atoms with Gasteiger partial charge in [0.2, 0.25) is 0 Å². The van der Waals surface area contributed by atoms with Gasteiger partial charge in [-0.15, -0.1) is 11.3 Å². The molecule has 80 valence electrons. The molecular weight excluding hydrogens is 206 g/mol. The highest BCUT2D eigenvalue weighted by Gasteiger charge is 2.24. The van der Waals surface area contributed by atoms with Crippen molar-refractivity contribution < 1.29 is 0 Å². The van der Waals surface area contributed by atoms with Gasteiger partial charge in [-0.25, -0.2) is 0 Å². The summed E-state index contributed by atoms with van der Waals surface area (Å²) in [5.41, 5.74) is 1.85. The Bertz CT molecular complexity index is 328. The maximum absolute atomic E-state index is 9.02. The largest absolute Gasteiger partial charge is 0.308 e. The highest BCUT2D eigenvalue weighted by molar-refractivity contribution is 7.09. The summed E-state index contributed by atoms with van der Waals surface area (Å²) in [5.74, 6) is 0.201. The monoisotopic (exact) mass is 221 g/mol. The molecule has 0 spiro atoms. The molecule has 0 saturated heterocycles. The minimum absolute atomic E-state index is 0.201. The Labute approximate surface area is 94.1 Å². The van der Waals surface area contributed by atoms with Crippen molar-refractivity contribution in [2.24, 2.45) is 5.92 Å². The summed E-state index contributed by atoms with van der Waals surface area (Å²) < 4.78 is 0. The first-order valence-corrected chi connectivity index (χ1v) is 6.28. The van der Waals surface area contributed by atoms with Gasteiger partial charge in [-0.05, 0) is 12.8 Å². The van der Waals surface area contributed by atoms with Crippen LogP contribution in [-0.4, -0.2) is 11.0 Å².